The molecule has 1 aliphatic rings. The summed E-state index contributed by atoms with van der Waals surface area (Å²) in [6, 6.07) is 16.7. The first kappa shape index (κ1) is 15.1. The van der Waals surface area contributed by atoms with Crippen molar-refractivity contribution >= 4 is 33.2 Å². The fourth-order valence-corrected chi connectivity index (χ4v) is 3.53. The van der Waals surface area contributed by atoms with Gasteiger partial charge in [-0.25, -0.2) is 0 Å². The molecule has 2 aromatic rings. The summed E-state index contributed by atoms with van der Waals surface area (Å²) in [6.07, 6.45) is 0.892. The van der Waals surface area contributed by atoms with Crippen LogP contribution in [0.2, 0.25) is 0 Å². The summed E-state index contributed by atoms with van der Waals surface area (Å²) in [5.41, 5.74) is 3.26. The summed E-state index contributed by atoms with van der Waals surface area (Å²) in [5.74, 6) is 0.0880. The van der Waals surface area contributed by atoms with Gasteiger partial charge in [0.15, 0.2) is 0 Å². The number of halogens is 1. The smallest absolute Gasteiger partial charge is 0.224 e. The lowest BCUT2D eigenvalue weighted by Gasteiger charge is -2.39. The molecule has 114 valence electrons. The predicted molar refractivity (Wildman–Crippen MR) is 94.2 cm³/mol. The second kappa shape index (κ2) is 6.13. The molecule has 0 saturated carbocycles. The van der Waals surface area contributed by atoms with Crippen LogP contribution in [0.25, 0.3) is 0 Å². The Bertz CT molecular complexity index is 687. The van der Waals surface area contributed by atoms with E-state index in [4.69, 9.17) is 0 Å². The van der Waals surface area contributed by atoms with Gasteiger partial charge in [0.2, 0.25) is 5.91 Å². The van der Waals surface area contributed by atoms with Crippen molar-refractivity contribution in [2.24, 2.45) is 0 Å². The van der Waals surface area contributed by atoms with E-state index in [1.807, 2.05) is 35.2 Å². The molecule has 0 bridgehead atoms. The number of carbonyl (C=O) groups excluding carboxylic acids is 1. The molecule has 0 unspecified atom stereocenters. The third-order valence-electron chi connectivity index (χ3n) is 4.10. The zero-order valence-electron chi connectivity index (χ0n) is 12.7. The molecule has 1 heterocycles. The van der Waals surface area contributed by atoms with Crippen molar-refractivity contribution in [3.8, 4) is 0 Å². The summed E-state index contributed by atoms with van der Waals surface area (Å²) >= 11 is 3.52. The maximum absolute atomic E-state index is 12.0. The van der Waals surface area contributed by atoms with Crippen molar-refractivity contribution in [3.05, 3.63) is 58.6 Å². The monoisotopic (exact) mass is 358 g/mol. The van der Waals surface area contributed by atoms with Crippen LogP contribution in [-0.2, 0) is 4.79 Å². The Morgan fingerprint density at radius 2 is 1.95 bits per heavy atom. The van der Waals surface area contributed by atoms with E-state index in [1.165, 1.54) is 5.56 Å². The number of para-hydroxylation sites is 1. The van der Waals surface area contributed by atoms with Gasteiger partial charge in [0.05, 0.1) is 11.7 Å². The molecule has 1 N–H and O–H groups in total. The van der Waals surface area contributed by atoms with Crippen molar-refractivity contribution in [1.29, 1.82) is 0 Å². The average Bonchev–Trinajstić information content (AvgIpc) is 2.47. The van der Waals surface area contributed by atoms with Crippen LogP contribution in [-0.4, -0.2) is 11.9 Å². The highest BCUT2D eigenvalue weighted by atomic mass is 79.9. The van der Waals surface area contributed by atoms with Gasteiger partial charge in [0, 0.05) is 23.1 Å². The molecule has 1 aliphatic heterocycles. The van der Waals surface area contributed by atoms with E-state index in [1.54, 1.807) is 6.92 Å². The Kier molecular flexibility index (Phi) is 4.21. The Balaban J connectivity index is 2.00. The van der Waals surface area contributed by atoms with E-state index in [9.17, 15) is 4.79 Å². The van der Waals surface area contributed by atoms with Crippen LogP contribution in [0.1, 0.15) is 31.9 Å². The molecule has 2 aromatic carbocycles. The van der Waals surface area contributed by atoms with Crippen molar-refractivity contribution in [2.75, 3.05) is 10.2 Å². The van der Waals surface area contributed by atoms with Crippen LogP contribution in [0, 0.1) is 0 Å². The van der Waals surface area contributed by atoms with E-state index in [-0.39, 0.29) is 18.0 Å². The van der Waals surface area contributed by atoms with Crippen LogP contribution in [0.15, 0.2) is 53.0 Å². The molecule has 0 spiro atoms. The molecule has 2 atom stereocenters. The summed E-state index contributed by atoms with van der Waals surface area (Å²) in [7, 11) is 0. The predicted octanol–water partition coefficient (Wildman–Crippen LogP) is 4.75. The SMILES string of the molecule is CC(=O)N1c2cc(Br)ccc2[C@H](Nc2ccccc2)C[C@@H]1C. The Labute approximate surface area is 139 Å². The minimum atomic E-state index is 0.0880. The number of hydrogen-bond acceptors (Lipinski definition) is 2. The third kappa shape index (κ3) is 2.88. The molecule has 0 fully saturated rings. The lowest BCUT2D eigenvalue weighted by Crippen LogP contribution is -2.43. The molecule has 0 radical (unpaired) electrons. The second-order valence-electron chi connectivity index (χ2n) is 5.74. The molecule has 0 aromatic heterocycles. The van der Waals surface area contributed by atoms with Gasteiger partial charge >= 0.3 is 0 Å². The molecule has 3 rings (SSSR count). The molecule has 0 aliphatic carbocycles. The zero-order chi connectivity index (χ0) is 15.7. The van der Waals surface area contributed by atoms with E-state index in [0.29, 0.717) is 0 Å². The lowest BCUT2D eigenvalue weighted by molar-refractivity contribution is -0.117. The summed E-state index contributed by atoms with van der Waals surface area (Å²) in [4.78, 5) is 13.9. The van der Waals surface area contributed by atoms with E-state index in [2.05, 4.69) is 46.4 Å². The standard InChI is InChI=1S/C18H19BrN2O/c1-12-10-17(20-15-6-4-3-5-7-15)16-9-8-14(19)11-18(16)21(12)13(2)22/h3-9,11-12,17,20H,10H2,1-2H3/t12-,17+/m0/s1. The van der Waals surface area contributed by atoms with Gasteiger partial charge in [-0.3, -0.25) is 4.79 Å². The van der Waals surface area contributed by atoms with Gasteiger partial charge in [-0.15, -0.1) is 0 Å². The fraction of sp³-hybridized carbons (Fsp3) is 0.278. The molecule has 4 heteroatoms. The molecular weight excluding hydrogens is 340 g/mol. The van der Waals surface area contributed by atoms with Gasteiger partial charge in [-0.2, -0.15) is 0 Å². The normalized spacial score (nSPS) is 20.4. The van der Waals surface area contributed by atoms with E-state index in [0.717, 1.165) is 22.3 Å². The van der Waals surface area contributed by atoms with Crippen molar-refractivity contribution in [2.45, 2.75) is 32.4 Å². The molecule has 22 heavy (non-hydrogen) atoms. The number of carbonyl (C=O) groups is 1. The minimum Gasteiger partial charge on any atom is -0.378 e. The minimum absolute atomic E-state index is 0.0880. The van der Waals surface area contributed by atoms with Crippen LogP contribution in [0.5, 0.6) is 0 Å². The Morgan fingerprint density at radius 1 is 1.23 bits per heavy atom. The fourth-order valence-electron chi connectivity index (χ4n) is 3.18. The molecule has 0 saturated heterocycles. The topological polar surface area (TPSA) is 32.3 Å². The summed E-state index contributed by atoms with van der Waals surface area (Å²) < 4.78 is 0.991. The van der Waals surface area contributed by atoms with Crippen molar-refractivity contribution in [3.63, 3.8) is 0 Å². The number of nitrogens with one attached hydrogen (secondary N) is 1. The first-order valence-corrected chi connectivity index (χ1v) is 8.26. The summed E-state index contributed by atoms with van der Waals surface area (Å²) in [6.45, 7) is 3.73. The Hall–Kier alpha value is -1.81. The highest BCUT2D eigenvalue weighted by Crippen LogP contribution is 2.40. The van der Waals surface area contributed by atoms with Gasteiger partial charge in [0.1, 0.15) is 0 Å². The lowest BCUT2D eigenvalue weighted by atomic mass is 9.91. The van der Waals surface area contributed by atoms with E-state index < -0.39 is 0 Å². The first-order chi connectivity index (χ1) is 10.6. The molecule has 3 nitrogen and oxygen atoms in total. The van der Waals surface area contributed by atoms with Crippen LogP contribution >= 0.6 is 15.9 Å². The molecule has 1 amide bonds. The first-order valence-electron chi connectivity index (χ1n) is 7.47. The number of amides is 1. The maximum Gasteiger partial charge on any atom is 0.224 e. The highest BCUT2D eigenvalue weighted by Gasteiger charge is 2.32. The number of nitrogens with zero attached hydrogens (tertiary/aromatic N) is 1. The quantitative estimate of drug-likeness (QED) is 0.840. The van der Waals surface area contributed by atoms with E-state index >= 15 is 0 Å². The zero-order valence-corrected chi connectivity index (χ0v) is 14.3. The Morgan fingerprint density at radius 3 is 2.64 bits per heavy atom. The van der Waals surface area contributed by atoms with Crippen molar-refractivity contribution < 1.29 is 4.79 Å². The van der Waals surface area contributed by atoms with Gasteiger partial charge < -0.3 is 10.2 Å². The van der Waals surface area contributed by atoms with Crippen molar-refractivity contribution in [1.82, 2.24) is 0 Å². The highest BCUT2D eigenvalue weighted by molar-refractivity contribution is 9.10. The number of rotatable bonds is 2. The van der Waals surface area contributed by atoms with Crippen LogP contribution in [0.3, 0.4) is 0 Å². The third-order valence-corrected chi connectivity index (χ3v) is 4.59. The maximum atomic E-state index is 12.0. The number of benzene rings is 2. The average molecular weight is 359 g/mol. The van der Waals surface area contributed by atoms with Gasteiger partial charge in [0.25, 0.3) is 0 Å². The summed E-state index contributed by atoms with van der Waals surface area (Å²) in [5, 5.41) is 3.59. The largest absolute Gasteiger partial charge is 0.378 e. The second-order valence-corrected chi connectivity index (χ2v) is 6.66. The number of anilines is 2. The van der Waals surface area contributed by atoms with Crippen LogP contribution in [0.4, 0.5) is 11.4 Å². The number of hydrogen-bond donors (Lipinski definition) is 1. The van der Waals surface area contributed by atoms with Crippen LogP contribution < -0.4 is 10.2 Å². The number of fused-ring (bicyclic) bond motifs is 1. The molecular formula is C18H19BrN2O. The van der Waals surface area contributed by atoms with Gasteiger partial charge in [-0.05, 0) is 43.2 Å². The van der Waals surface area contributed by atoms with Gasteiger partial charge in [-0.1, -0.05) is 40.2 Å².